The molecule has 0 amide bonds. The molecule has 1 radical (unpaired) electrons. The number of non-ortho nitro benzene ring substituents is 1. The standard InChI is InChI=1S/C30H34N3O4Si/c1-21-7-16-28-31-26(20-32(28)19-21)23-11-8-22(9-12-23)10-13-24-14-15-25(33(34)35)17-27(24)36-29(37-38(5)6)18-30(2,3)4/h7-17,19-20,29H,18H2,1-6H3/b13-10+. The maximum absolute atomic E-state index is 11.5. The highest BCUT2D eigenvalue weighted by atomic mass is 28.3. The van der Waals surface area contributed by atoms with Crippen LogP contribution < -0.4 is 4.74 Å². The highest BCUT2D eigenvalue weighted by molar-refractivity contribution is 6.48. The molecule has 197 valence electrons. The van der Waals surface area contributed by atoms with Crippen LogP contribution in [-0.4, -0.2) is 29.6 Å². The lowest BCUT2D eigenvalue weighted by Gasteiger charge is -2.28. The zero-order valence-electron chi connectivity index (χ0n) is 22.8. The fourth-order valence-electron chi connectivity index (χ4n) is 4.08. The Morgan fingerprint density at radius 3 is 2.45 bits per heavy atom. The topological polar surface area (TPSA) is 78.9 Å². The van der Waals surface area contributed by atoms with Gasteiger partial charge in [0.15, 0.2) is 6.29 Å². The predicted molar refractivity (Wildman–Crippen MR) is 154 cm³/mol. The summed E-state index contributed by atoms with van der Waals surface area (Å²) in [5, 5.41) is 11.5. The van der Waals surface area contributed by atoms with Gasteiger partial charge in [0.25, 0.3) is 5.69 Å². The quantitative estimate of drug-likeness (QED) is 0.0728. The van der Waals surface area contributed by atoms with E-state index in [2.05, 4.69) is 53.1 Å². The zero-order chi connectivity index (χ0) is 27.4. The van der Waals surface area contributed by atoms with E-state index in [-0.39, 0.29) is 11.1 Å². The summed E-state index contributed by atoms with van der Waals surface area (Å²) in [5.41, 5.74) is 5.73. The lowest BCUT2D eigenvalue weighted by molar-refractivity contribution is -0.385. The zero-order valence-corrected chi connectivity index (χ0v) is 23.8. The SMILES string of the molecule is Cc1ccc2nc(-c3ccc(/C=C/c4ccc([N+](=O)[O-])cc4OC(CC(C)(C)C)O[Si](C)C)cc3)cn2c1. The number of nitrogens with zero attached hydrogens (tertiary/aromatic N) is 3. The summed E-state index contributed by atoms with van der Waals surface area (Å²) in [6, 6.07) is 16.9. The number of pyridine rings is 1. The van der Waals surface area contributed by atoms with Crippen LogP contribution in [0.2, 0.25) is 13.1 Å². The third-order valence-corrected chi connectivity index (χ3v) is 6.61. The van der Waals surface area contributed by atoms with Crippen LogP contribution in [-0.2, 0) is 4.43 Å². The summed E-state index contributed by atoms with van der Waals surface area (Å²) in [6.07, 6.45) is 8.16. The van der Waals surface area contributed by atoms with Gasteiger partial charge in [0.05, 0.1) is 16.7 Å². The second-order valence-electron chi connectivity index (χ2n) is 10.9. The number of benzene rings is 2. The first-order valence-electron chi connectivity index (χ1n) is 12.6. The number of fused-ring (bicyclic) bond motifs is 1. The van der Waals surface area contributed by atoms with Crippen LogP contribution in [0.4, 0.5) is 5.69 Å². The second kappa shape index (κ2) is 11.3. The molecule has 2 heterocycles. The Bertz CT molecular complexity index is 1450. The molecule has 1 atom stereocenters. The Hall–Kier alpha value is -3.75. The molecule has 2 aromatic heterocycles. The number of nitro benzene ring substituents is 1. The van der Waals surface area contributed by atoms with Gasteiger partial charge >= 0.3 is 0 Å². The first-order chi connectivity index (χ1) is 18.0. The summed E-state index contributed by atoms with van der Waals surface area (Å²) in [7, 11) is -1.04. The number of aromatic nitrogens is 2. The highest BCUT2D eigenvalue weighted by Gasteiger charge is 2.24. The molecule has 0 saturated carbocycles. The number of ether oxygens (including phenoxy) is 1. The van der Waals surface area contributed by atoms with Crippen molar-refractivity contribution in [3.8, 4) is 17.0 Å². The van der Waals surface area contributed by atoms with Crippen LogP contribution in [0.3, 0.4) is 0 Å². The molecule has 7 nitrogen and oxygen atoms in total. The fourth-order valence-corrected chi connectivity index (χ4v) is 4.74. The van der Waals surface area contributed by atoms with E-state index in [0.717, 1.165) is 28.0 Å². The fraction of sp³-hybridized carbons (Fsp3) is 0.300. The van der Waals surface area contributed by atoms with Crippen molar-refractivity contribution in [2.75, 3.05) is 0 Å². The molecule has 2 aromatic carbocycles. The molecular weight excluding hydrogens is 494 g/mol. The molecule has 4 rings (SSSR count). The van der Waals surface area contributed by atoms with Gasteiger partial charge in [-0.3, -0.25) is 10.1 Å². The smallest absolute Gasteiger partial charge is 0.273 e. The van der Waals surface area contributed by atoms with Gasteiger partial charge in [0.1, 0.15) is 11.4 Å². The van der Waals surface area contributed by atoms with Crippen LogP contribution in [0.15, 0.2) is 67.0 Å². The predicted octanol–water partition coefficient (Wildman–Crippen LogP) is 7.80. The number of imidazole rings is 1. The van der Waals surface area contributed by atoms with Crippen LogP contribution >= 0.6 is 0 Å². The van der Waals surface area contributed by atoms with E-state index < -0.39 is 20.3 Å². The molecule has 38 heavy (non-hydrogen) atoms. The van der Waals surface area contributed by atoms with Crippen molar-refractivity contribution in [3.05, 3.63) is 93.8 Å². The lowest BCUT2D eigenvalue weighted by atomic mass is 9.92. The van der Waals surface area contributed by atoms with E-state index in [1.807, 2.05) is 53.1 Å². The minimum atomic E-state index is -1.04. The van der Waals surface area contributed by atoms with E-state index in [1.165, 1.54) is 17.7 Å². The van der Waals surface area contributed by atoms with Crippen molar-refractivity contribution in [2.45, 2.75) is 53.5 Å². The number of hydrogen-bond acceptors (Lipinski definition) is 5. The van der Waals surface area contributed by atoms with E-state index in [0.29, 0.717) is 12.2 Å². The molecule has 0 saturated heterocycles. The molecule has 8 heteroatoms. The van der Waals surface area contributed by atoms with Crippen molar-refractivity contribution in [1.82, 2.24) is 9.38 Å². The normalized spacial score (nSPS) is 12.9. The number of nitro groups is 1. The van der Waals surface area contributed by atoms with Gasteiger partial charge in [-0.25, -0.2) is 4.98 Å². The number of rotatable bonds is 9. The molecule has 0 spiro atoms. The lowest BCUT2D eigenvalue weighted by Crippen LogP contribution is -2.30. The first-order valence-corrected chi connectivity index (χ1v) is 15.0. The monoisotopic (exact) mass is 528 g/mol. The maximum atomic E-state index is 11.5. The van der Waals surface area contributed by atoms with Gasteiger partial charge in [-0.2, -0.15) is 0 Å². The van der Waals surface area contributed by atoms with Crippen molar-refractivity contribution in [1.29, 1.82) is 0 Å². The Morgan fingerprint density at radius 2 is 1.79 bits per heavy atom. The Balaban J connectivity index is 1.58. The van der Waals surface area contributed by atoms with Gasteiger partial charge in [0.2, 0.25) is 9.04 Å². The van der Waals surface area contributed by atoms with Crippen LogP contribution in [0.25, 0.3) is 29.1 Å². The summed E-state index contributed by atoms with van der Waals surface area (Å²) in [5.74, 6) is 0.435. The molecule has 0 N–H and O–H groups in total. The highest BCUT2D eigenvalue weighted by Crippen LogP contribution is 2.31. The summed E-state index contributed by atoms with van der Waals surface area (Å²) in [6.45, 7) is 12.5. The molecular formula is C30H34N3O4Si. The molecule has 0 aliphatic carbocycles. The summed E-state index contributed by atoms with van der Waals surface area (Å²) < 4.78 is 14.4. The van der Waals surface area contributed by atoms with E-state index in [4.69, 9.17) is 14.1 Å². The molecule has 0 aliphatic heterocycles. The number of hydrogen-bond donors (Lipinski definition) is 0. The molecule has 4 aromatic rings. The average Bonchev–Trinajstić information content (AvgIpc) is 3.25. The Kier molecular flexibility index (Phi) is 8.13. The van der Waals surface area contributed by atoms with Crippen molar-refractivity contribution < 1.29 is 14.1 Å². The molecule has 0 fully saturated rings. The first kappa shape index (κ1) is 27.3. The van der Waals surface area contributed by atoms with Crippen molar-refractivity contribution in [2.24, 2.45) is 5.41 Å². The second-order valence-corrected chi connectivity index (χ2v) is 12.9. The van der Waals surface area contributed by atoms with Crippen LogP contribution in [0, 0.1) is 22.5 Å². The van der Waals surface area contributed by atoms with E-state index in [9.17, 15) is 10.1 Å². The van der Waals surface area contributed by atoms with Gasteiger partial charge in [-0.1, -0.05) is 63.3 Å². The number of aryl methyl sites for hydroxylation is 1. The molecule has 0 aliphatic rings. The van der Waals surface area contributed by atoms with Gasteiger partial charge in [-0.05, 0) is 48.7 Å². The van der Waals surface area contributed by atoms with Crippen molar-refractivity contribution >= 4 is 32.5 Å². The Labute approximate surface area is 225 Å². The summed E-state index contributed by atoms with van der Waals surface area (Å²) >= 11 is 0. The van der Waals surface area contributed by atoms with Crippen LogP contribution in [0.1, 0.15) is 43.9 Å². The Morgan fingerprint density at radius 1 is 1.05 bits per heavy atom. The van der Waals surface area contributed by atoms with Gasteiger partial charge in [0, 0.05) is 36.0 Å². The third-order valence-electron chi connectivity index (χ3n) is 5.87. The third kappa shape index (κ3) is 7.17. The molecule has 0 bridgehead atoms. The van der Waals surface area contributed by atoms with Gasteiger partial charge < -0.3 is 13.6 Å². The minimum absolute atomic E-state index is 0.0165. The average molecular weight is 529 g/mol. The molecule has 1 unspecified atom stereocenters. The van der Waals surface area contributed by atoms with E-state index >= 15 is 0 Å². The van der Waals surface area contributed by atoms with Gasteiger partial charge in [-0.15, -0.1) is 0 Å². The minimum Gasteiger partial charge on any atom is -0.465 e. The largest absolute Gasteiger partial charge is 0.465 e. The van der Waals surface area contributed by atoms with Crippen LogP contribution in [0.5, 0.6) is 5.75 Å². The van der Waals surface area contributed by atoms with E-state index in [1.54, 1.807) is 6.07 Å². The summed E-state index contributed by atoms with van der Waals surface area (Å²) in [4.78, 5) is 15.8. The van der Waals surface area contributed by atoms with Crippen molar-refractivity contribution in [3.63, 3.8) is 0 Å². The maximum Gasteiger partial charge on any atom is 0.273 e.